The predicted octanol–water partition coefficient (Wildman–Crippen LogP) is 7.33. The summed E-state index contributed by atoms with van der Waals surface area (Å²) in [6.07, 6.45) is 7.17. The Kier molecular flexibility index (Phi) is 26.0. The number of fused-ring (bicyclic) bond motifs is 2. The van der Waals surface area contributed by atoms with Gasteiger partial charge in [0.1, 0.15) is 48.9 Å². The zero-order valence-electron chi connectivity index (χ0n) is 66.7. The Hall–Kier alpha value is -10.6. The number of nitrogens with two attached hydrogens (primary N) is 1. The van der Waals surface area contributed by atoms with Crippen molar-refractivity contribution in [1.29, 1.82) is 0 Å². The highest BCUT2D eigenvalue weighted by atomic mass is 32.1. The highest BCUT2D eigenvalue weighted by Gasteiger charge is 2.66. The molecule has 3 aliphatic heterocycles. The first-order valence-electron chi connectivity index (χ1n) is 40.0. The topological polar surface area (TPSA) is 442 Å². The van der Waals surface area contributed by atoms with Gasteiger partial charge in [0.25, 0.3) is 17.7 Å². The number of urea groups is 1. The van der Waals surface area contributed by atoms with Crippen LogP contribution >= 0.6 is 11.3 Å². The quantitative estimate of drug-likeness (QED) is 0.0136. The summed E-state index contributed by atoms with van der Waals surface area (Å²) in [4.78, 5) is 133. The number of thiazole rings is 1. The lowest BCUT2D eigenvalue weighted by molar-refractivity contribution is -0.292. The van der Waals surface area contributed by atoms with Gasteiger partial charge in [-0.25, -0.2) is 29.0 Å². The van der Waals surface area contributed by atoms with Crippen LogP contribution in [0.5, 0.6) is 0 Å². The van der Waals surface area contributed by atoms with Crippen molar-refractivity contribution in [2.45, 2.75) is 206 Å². The first-order valence-corrected chi connectivity index (χ1v) is 40.8. The van der Waals surface area contributed by atoms with E-state index in [9.17, 15) is 63.6 Å². The van der Waals surface area contributed by atoms with Gasteiger partial charge in [-0.15, -0.1) is 5.10 Å². The van der Waals surface area contributed by atoms with E-state index in [1.165, 1.54) is 35.3 Å². The van der Waals surface area contributed by atoms with Gasteiger partial charge >= 0.3 is 18.1 Å². The largest absolute Gasteiger partial charge is 0.476 e. The molecule has 1 saturated heterocycles. The number of carboxylic acids is 1. The molecule has 117 heavy (non-hydrogen) atoms. The van der Waals surface area contributed by atoms with Gasteiger partial charge in [0.05, 0.1) is 40.9 Å². The number of ether oxygens (including phenoxy) is 4. The SMILES string of the molecule is CO[C@H]1O[C@@H](Cn2cc(CCCN(CCOC34CC5(C)CC(C)(CC(Cn6ncc(-c7ccc(N8CCc9cccc(C(=O)Nc%10nc%11ccccc%11s%10)c9C8)nc7C(=O)O)c6C)(C5)C3)C4)C(=O)OCc3ccc(NC(=O)[C@H](CCCNC(N)=O)NC(=O)[C@@H](NC(=O)CCCCCN4C(=O)C=CC4=O)C(C)C)cc3)nn2)[C@@H](O)[C@@H](O)[C@H]1O. The molecule has 4 bridgehead atoms. The number of amides is 9. The number of carbonyl (C=O) groups excluding carboxylic acids is 8. The number of aromatic nitrogens is 7. The number of carbonyl (C=O) groups is 9. The van der Waals surface area contributed by atoms with Gasteiger partial charge in [-0.2, -0.15) is 5.10 Å². The minimum absolute atomic E-state index is 0.0148. The molecule has 0 radical (unpaired) electrons. The second kappa shape index (κ2) is 36.1. The van der Waals surface area contributed by atoms with Gasteiger partial charge < -0.3 is 76.2 Å². The zero-order valence-corrected chi connectivity index (χ0v) is 67.5. The lowest BCUT2D eigenvalue weighted by Gasteiger charge is -2.69. The van der Waals surface area contributed by atoms with Crippen LogP contribution in [0.25, 0.3) is 21.3 Å². The summed E-state index contributed by atoms with van der Waals surface area (Å²) < 4.78 is 28.7. The number of nitrogens with one attached hydrogen (secondary N) is 5. The molecule has 7 heterocycles. The molecule has 14 rings (SSSR count). The Morgan fingerprint density at radius 1 is 0.803 bits per heavy atom. The van der Waals surface area contributed by atoms with Crippen LogP contribution in [0.1, 0.15) is 160 Å². The Labute approximate surface area is 680 Å². The second-order valence-corrected chi connectivity index (χ2v) is 34.2. The Morgan fingerprint density at radius 2 is 1.56 bits per heavy atom. The van der Waals surface area contributed by atoms with Crippen LogP contribution in [-0.4, -0.2) is 213 Å². The molecule has 624 valence electrons. The summed E-state index contributed by atoms with van der Waals surface area (Å²) in [6.45, 7) is 12.4. The number of hydrogen-bond acceptors (Lipinski definition) is 23. The fraction of sp³-hybridized carbons (Fsp3) is 0.518. The lowest BCUT2D eigenvalue weighted by Crippen LogP contribution is -2.64. The second-order valence-electron chi connectivity index (χ2n) is 33.2. The minimum atomic E-state index is -1.53. The number of hydrogen-bond donors (Lipinski definition) is 10. The van der Waals surface area contributed by atoms with Crippen molar-refractivity contribution in [3.63, 3.8) is 0 Å². The van der Waals surface area contributed by atoms with Crippen LogP contribution < -0.4 is 37.2 Å². The third-order valence-corrected chi connectivity index (χ3v) is 24.3. The van der Waals surface area contributed by atoms with E-state index >= 15 is 0 Å². The van der Waals surface area contributed by atoms with E-state index in [0.717, 1.165) is 70.5 Å². The van der Waals surface area contributed by atoms with Gasteiger partial charge in [-0.3, -0.25) is 43.7 Å². The van der Waals surface area contributed by atoms with Crippen LogP contribution in [0.2, 0.25) is 0 Å². The normalized spacial score (nSPS) is 23.7. The van der Waals surface area contributed by atoms with Crippen LogP contribution in [0, 0.1) is 29.1 Å². The van der Waals surface area contributed by atoms with Crippen molar-refractivity contribution >= 4 is 91.7 Å². The van der Waals surface area contributed by atoms with Crippen LogP contribution in [0.15, 0.2) is 103 Å². The van der Waals surface area contributed by atoms with Crippen molar-refractivity contribution in [3.05, 3.63) is 143 Å². The highest BCUT2D eigenvalue weighted by molar-refractivity contribution is 7.22. The predicted molar refractivity (Wildman–Crippen MR) is 430 cm³/mol. The third-order valence-electron chi connectivity index (χ3n) is 23.3. The van der Waals surface area contributed by atoms with E-state index in [1.807, 2.05) is 59.0 Å². The summed E-state index contributed by atoms with van der Waals surface area (Å²) in [6, 6.07) is 20.8. The summed E-state index contributed by atoms with van der Waals surface area (Å²) in [5, 5.41) is 70.5. The van der Waals surface area contributed by atoms with Crippen molar-refractivity contribution in [3.8, 4) is 11.1 Å². The van der Waals surface area contributed by atoms with Crippen LogP contribution in [0.4, 0.5) is 26.2 Å². The van der Waals surface area contributed by atoms with Crippen molar-refractivity contribution in [2.24, 2.45) is 27.9 Å². The first-order chi connectivity index (χ1) is 56.0. The Morgan fingerprint density at radius 3 is 2.29 bits per heavy atom. The van der Waals surface area contributed by atoms with Gasteiger partial charge in [-0.05, 0) is 172 Å². The molecule has 4 aliphatic carbocycles. The third kappa shape index (κ3) is 20.0. The molecule has 2 unspecified atom stereocenters. The van der Waals surface area contributed by atoms with E-state index in [2.05, 4.69) is 55.7 Å². The maximum absolute atomic E-state index is 14.6. The minimum Gasteiger partial charge on any atom is -0.476 e. The molecule has 7 aromatic rings. The van der Waals surface area contributed by atoms with Gasteiger partial charge in [0.2, 0.25) is 17.7 Å². The first kappa shape index (κ1) is 84.3. The van der Waals surface area contributed by atoms with Crippen LogP contribution in [0.3, 0.4) is 0 Å². The molecule has 4 saturated carbocycles. The number of aliphatic hydroxyl groups is 3. The molecule has 7 aliphatic rings. The molecular formula is C83H104N16O17S. The summed E-state index contributed by atoms with van der Waals surface area (Å²) in [5.41, 5.74) is 10.8. The van der Waals surface area contributed by atoms with E-state index < -0.39 is 78.3 Å². The Balaban J connectivity index is 0.657. The highest BCUT2D eigenvalue weighted by Crippen LogP contribution is 2.72. The van der Waals surface area contributed by atoms with Crippen molar-refractivity contribution in [2.75, 3.05) is 62.0 Å². The Bertz CT molecular complexity index is 4800. The number of pyridine rings is 1. The number of benzene rings is 3. The maximum Gasteiger partial charge on any atom is 0.410 e. The molecular weight excluding hydrogens is 1530 g/mol. The molecule has 11 N–H and O–H groups in total. The number of aliphatic hydroxyl groups excluding tert-OH is 3. The maximum atomic E-state index is 14.6. The molecule has 9 amide bonds. The molecule has 9 atom stereocenters. The molecule has 34 heteroatoms. The number of rotatable bonds is 36. The molecule has 4 aromatic heterocycles. The van der Waals surface area contributed by atoms with E-state index in [-0.39, 0.29) is 117 Å². The summed E-state index contributed by atoms with van der Waals surface area (Å²) in [7, 11) is 1.32. The molecule has 33 nitrogen and oxygen atoms in total. The lowest BCUT2D eigenvalue weighted by atomic mass is 9.39. The van der Waals surface area contributed by atoms with Gasteiger partial charge in [0, 0.05) is 106 Å². The monoisotopic (exact) mass is 1630 g/mol. The average Bonchev–Trinajstić information content (AvgIpc) is 0.767. The fourth-order valence-corrected chi connectivity index (χ4v) is 19.8. The average molecular weight is 1630 g/mol. The van der Waals surface area contributed by atoms with Crippen molar-refractivity contribution < 1.29 is 82.5 Å². The molecule has 0 spiro atoms. The number of carboxylic acid groups (broad SMARTS) is 1. The number of anilines is 3. The van der Waals surface area contributed by atoms with Gasteiger partial charge in [-0.1, -0.05) is 87.1 Å². The number of unbranched alkanes of at least 4 members (excludes halogenated alkanes) is 2. The number of imide groups is 1. The number of para-hydroxylation sites is 1. The molecule has 5 fully saturated rings. The summed E-state index contributed by atoms with van der Waals surface area (Å²) >= 11 is 1.40. The van der Waals surface area contributed by atoms with E-state index in [0.29, 0.717) is 103 Å². The number of nitrogens with zero attached hydrogens (tertiary/aromatic N) is 10. The van der Waals surface area contributed by atoms with Crippen LogP contribution in [-0.2, 0) is 82.0 Å². The van der Waals surface area contributed by atoms with E-state index in [1.54, 1.807) is 67.5 Å². The smallest absolute Gasteiger partial charge is 0.410 e. The fourth-order valence-electron chi connectivity index (χ4n) is 18.9. The number of aromatic carboxylic acids is 1. The number of primary amides is 1. The molecule has 3 aromatic carbocycles. The van der Waals surface area contributed by atoms with Crippen molar-refractivity contribution in [1.82, 2.24) is 60.5 Å². The van der Waals surface area contributed by atoms with E-state index in [4.69, 9.17) is 34.8 Å². The number of aryl methyl sites for hydroxylation is 1. The zero-order chi connectivity index (χ0) is 83.1. The standard InChI is InChI=1S/C83H104N16O17S/c1-49(2)67(91-64(100)21-8-7-11-33-98-65(101)28-29-66(98)102)74(108)88-60(19-13-31-85-77(84)111)73(107)87-53-24-22-51(23-25-53)41-114-79(112)95(32-14-16-54-38-97(94-93-54)40-61-69(103)70(104)71(105)76(113-6)116-61)35-36-115-83-45-80(4)42-81(5,46-83)44-82(43-80,47-83)48-99-50(3)57(37-86-99)55-26-27-63(90-68(55)75(109)110)96-34-30-52-15-12-17-56(58(52)39-96)72(106)92-78-89-59-18-9-10-20-62(59)117-78/h9-10,12,15,17-18,20,22-29,37-38,49,60-61,67,69-71,76,103-105H,7-8,11,13-14,16,19,21,30-36,39-48H2,1-6H3,(H,87,107)(H,88,108)(H,91,100)(H,109,110)(H3,84,85,111)(H,89,92,106)/t60-,61-,67-,69+,70+,71+,76-,80?,81?,82?,83?/m0/s1. The summed E-state index contributed by atoms with van der Waals surface area (Å²) in [5.74, 6) is -3.69. The van der Waals surface area contributed by atoms with Gasteiger partial charge in [0.15, 0.2) is 17.1 Å². The number of methoxy groups -OCH3 is 1.